The topological polar surface area (TPSA) is 38.9 Å². The molecule has 0 fully saturated rings. The van der Waals surface area contributed by atoms with Gasteiger partial charge in [0.15, 0.2) is 0 Å². The SMILES string of the molecule is NC(c1ccnc(Br)c1Br)C(F)(F)F. The molecule has 78 valence electrons. The minimum absolute atomic E-state index is 0.0422. The summed E-state index contributed by atoms with van der Waals surface area (Å²) in [5, 5.41) is 0. The number of hydrogen-bond donors (Lipinski definition) is 1. The van der Waals surface area contributed by atoms with Gasteiger partial charge in [-0.05, 0) is 43.5 Å². The van der Waals surface area contributed by atoms with Crippen LogP contribution in [0.5, 0.6) is 0 Å². The van der Waals surface area contributed by atoms with E-state index in [1.807, 2.05) is 0 Å². The number of pyridine rings is 1. The molecule has 1 heterocycles. The second-order valence-electron chi connectivity index (χ2n) is 2.52. The van der Waals surface area contributed by atoms with E-state index in [9.17, 15) is 13.2 Å². The first-order chi connectivity index (χ1) is 6.34. The maximum atomic E-state index is 12.3. The van der Waals surface area contributed by atoms with Gasteiger partial charge in [-0.3, -0.25) is 0 Å². The van der Waals surface area contributed by atoms with Crippen LogP contribution < -0.4 is 5.73 Å². The highest BCUT2D eigenvalue weighted by Crippen LogP contribution is 2.36. The van der Waals surface area contributed by atoms with Crippen LogP contribution in [0.25, 0.3) is 0 Å². The first-order valence-corrected chi connectivity index (χ1v) is 5.05. The highest BCUT2D eigenvalue weighted by Gasteiger charge is 2.39. The lowest BCUT2D eigenvalue weighted by Crippen LogP contribution is -2.28. The third-order valence-electron chi connectivity index (χ3n) is 1.56. The van der Waals surface area contributed by atoms with Gasteiger partial charge in [0.2, 0.25) is 0 Å². The van der Waals surface area contributed by atoms with Crippen LogP contribution in [-0.2, 0) is 0 Å². The van der Waals surface area contributed by atoms with E-state index < -0.39 is 12.2 Å². The molecule has 0 aliphatic carbocycles. The van der Waals surface area contributed by atoms with Crippen molar-refractivity contribution in [2.24, 2.45) is 5.73 Å². The monoisotopic (exact) mass is 332 g/mol. The molecule has 0 spiro atoms. The molecule has 1 unspecified atom stereocenters. The van der Waals surface area contributed by atoms with Gasteiger partial charge in [0.05, 0.1) is 4.47 Å². The molecule has 0 saturated heterocycles. The van der Waals surface area contributed by atoms with Crippen LogP contribution in [0, 0.1) is 0 Å². The minimum atomic E-state index is -4.46. The zero-order valence-corrected chi connectivity index (χ0v) is 9.82. The normalized spacial score (nSPS) is 14.1. The summed E-state index contributed by atoms with van der Waals surface area (Å²) in [6.07, 6.45) is -3.20. The number of aromatic nitrogens is 1. The quantitative estimate of drug-likeness (QED) is 0.802. The molecule has 14 heavy (non-hydrogen) atoms. The van der Waals surface area contributed by atoms with Crippen molar-refractivity contribution in [1.29, 1.82) is 0 Å². The molecule has 1 rings (SSSR count). The predicted molar refractivity (Wildman–Crippen MR) is 52.6 cm³/mol. The second-order valence-corrected chi connectivity index (χ2v) is 4.07. The predicted octanol–water partition coefficient (Wildman–Crippen LogP) is 3.17. The van der Waals surface area contributed by atoms with Crippen molar-refractivity contribution in [2.75, 3.05) is 0 Å². The molecule has 0 saturated carbocycles. The van der Waals surface area contributed by atoms with Crippen molar-refractivity contribution < 1.29 is 13.2 Å². The Bertz CT molecular complexity index is 340. The van der Waals surface area contributed by atoms with E-state index in [0.29, 0.717) is 4.60 Å². The lowest BCUT2D eigenvalue weighted by molar-refractivity contribution is -0.149. The fourth-order valence-electron chi connectivity index (χ4n) is 0.848. The lowest BCUT2D eigenvalue weighted by Gasteiger charge is -2.17. The fourth-order valence-corrected chi connectivity index (χ4v) is 1.68. The molecule has 1 aromatic heterocycles. The van der Waals surface area contributed by atoms with Crippen molar-refractivity contribution in [3.8, 4) is 0 Å². The molecular weight excluding hydrogens is 329 g/mol. The minimum Gasteiger partial charge on any atom is -0.316 e. The van der Waals surface area contributed by atoms with Crippen molar-refractivity contribution in [2.45, 2.75) is 12.2 Å². The van der Waals surface area contributed by atoms with E-state index >= 15 is 0 Å². The first kappa shape index (κ1) is 11.9. The van der Waals surface area contributed by atoms with Gasteiger partial charge in [0.1, 0.15) is 10.6 Å². The Balaban J connectivity index is 3.14. The Labute approximate surface area is 95.0 Å². The zero-order chi connectivity index (χ0) is 10.9. The lowest BCUT2D eigenvalue weighted by atomic mass is 10.1. The van der Waals surface area contributed by atoms with Gasteiger partial charge in [-0.15, -0.1) is 0 Å². The molecule has 7 heteroatoms. The van der Waals surface area contributed by atoms with E-state index in [4.69, 9.17) is 5.73 Å². The van der Waals surface area contributed by atoms with Gasteiger partial charge >= 0.3 is 6.18 Å². The standard InChI is InChI=1S/C7H5Br2F3N2/c8-4-3(1-2-14-6(4)9)5(13)7(10,11)12/h1-2,5H,13H2. The molecule has 0 radical (unpaired) electrons. The largest absolute Gasteiger partial charge is 0.407 e. The molecule has 1 aromatic rings. The highest BCUT2D eigenvalue weighted by atomic mass is 79.9. The number of nitrogens with two attached hydrogens (primary N) is 1. The number of hydrogen-bond acceptors (Lipinski definition) is 2. The van der Waals surface area contributed by atoms with Gasteiger partial charge in [0, 0.05) is 6.20 Å². The molecule has 0 bridgehead atoms. The zero-order valence-electron chi connectivity index (χ0n) is 6.65. The molecule has 2 N–H and O–H groups in total. The molecule has 0 aliphatic heterocycles. The third kappa shape index (κ3) is 2.46. The molecule has 1 atom stereocenters. The number of nitrogens with zero attached hydrogens (tertiary/aromatic N) is 1. The third-order valence-corrected chi connectivity index (χ3v) is 3.53. The van der Waals surface area contributed by atoms with Crippen molar-refractivity contribution in [1.82, 2.24) is 4.98 Å². The number of rotatable bonds is 1. The average molecular weight is 334 g/mol. The van der Waals surface area contributed by atoms with Gasteiger partial charge in [-0.25, -0.2) is 4.98 Å². The van der Waals surface area contributed by atoms with Crippen LogP contribution in [-0.4, -0.2) is 11.2 Å². The van der Waals surface area contributed by atoms with E-state index in [1.165, 1.54) is 12.3 Å². The average Bonchev–Trinajstić information content (AvgIpc) is 2.07. The molecule has 0 aliphatic rings. The molecular formula is C7H5Br2F3N2. The molecule has 2 nitrogen and oxygen atoms in total. The van der Waals surface area contributed by atoms with Crippen molar-refractivity contribution in [3.63, 3.8) is 0 Å². The summed E-state index contributed by atoms with van der Waals surface area (Å²) in [5.74, 6) is 0. The van der Waals surface area contributed by atoms with Gasteiger partial charge in [-0.1, -0.05) is 0 Å². The van der Waals surface area contributed by atoms with Gasteiger partial charge in [0.25, 0.3) is 0 Å². The molecule has 0 aromatic carbocycles. The van der Waals surface area contributed by atoms with Gasteiger partial charge in [-0.2, -0.15) is 13.2 Å². The summed E-state index contributed by atoms with van der Waals surface area (Å²) in [6.45, 7) is 0. The summed E-state index contributed by atoms with van der Waals surface area (Å²) in [7, 11) is 0. The van der Waals surface area contributed by atoms with Crippen LogP contribution in [0.1, 0.15) is 11.6 Å². The highest BCUT2D eigenvalue weighted by molar-refractivity contribution is 9.13. The van der Waals surface area contributed by atoms with Crippen LogP contribution in [0.15, 0.2) is 21.3 Å². The summed E-state index contributed by atoms with van der Waals surface area (Å²) < 4.78 is 37.3. The van der Waals surface area contributed by atoms with E-state index in [2.05, 4.69) is 36.8 Å². The first-order valence-electron chi connectivity index (χ1n) is 3.46. The number of halogens is 5. The van der Waals surface area contributed by atoms with E-state index in [0.717, 1.165) is 0 Å². The fraction of sp³-hybridized carbons (Fsp3) is 0.286. The molecule has 0 amide bonds. The summed E-state index contributed by atoms with van der Waals surface area (Å²) in [4.78, 5) is 3.75. The Morgan fingerprint density at radius 1 is 1.36 bits per heavy atom. The Hall–Kier alpha value is -0.140. The maximum Gasteiger partial charge on any atom is 0.407 e. The Morgan fingerprint density at radius 2 is 1.93 bits per heavy atom. The summed E-state index contributed by atoms with van der Waals surface area (Å²) >= 11 is 5.98. The summed E-state index contributed by atoms with van der Waals surface area (Å²) in [6, 6.07) is -0.774. The number of alkyl halides is 3. The summed E-state index contributed by atoms with van der Waals surface area (Å²) in [5.41, 5.74) is 5.00. The van der Waals surface area contributed by atoms with Gasteiger partial charge < -0.3 is 5.73 Å². The van der Waals surface area contributed by atoms with Crippen LogP contribution >= 0.6 is 31.9 Å². The second kappa shape index (κ2) is 4.16. The Morgan fingerprint density at radius 3 is 2.43 bits per heavy atom. The van der Waals surface area contributed by atoms with Crippen molar-refractivity contribution in [3.05, 3.63) is 26.9 Å². The van der Waals surface area contributed by atoms with Crippen LogP contribution in [0.3, 0.4) is 0 Å². The van der Waals surface area contributed by atoms with E-state index in [1.54, 1.807) is 0 Å². The smallest absolute Gasteiger partial charge is 0.316 e. The van der Waals surface area contributed by atoms with E-state index in [-0.39, 0.29) is 10.0 Å². The maximum absolute atomic E-state index is 12.3. The van der Waals surface area contributed by atoms with Crippen LogP contribution in [0.4, 0.5) is 13.2 Å². The Kier molecular flexibility index (Phi) is 3.54. The van der Waals surface area contributed by atoms with Crippen LogP contribution in [0.2, 0.25) is 0 Å². The van der Waals surface area contributed by atoms with Crippen molar-refractivity contribution >= 4 is 31.9 Å².